The Morgan fingerprint density at radius 2 is 1.93 bits per heavy atom. The second-order valence-electron chi connectivity index (χ2n) is 6.24. The molecule has 0 saturated carbocycles. The van der Waals surface area contributed by atoms with Gasteiger partial charge in [-0.2, -0.15) is 0 Å². The number of nitrogens with two attached hydrogens (primary N) is 1. The number of aromatic hydroxyl groups is 1. The smallest absolute Gasteiger partial charge is 0.305 e. The Balaban J connectivity index is 1.95. The van der Waals surface area contributed by atoms with Gasteiger partial charge in [0.25, 0.3) is 5.91 Å². The second kappa shape index (κ2) is 7.39. The van der Waals surface area contributed by atoms with Crippen LogP contribution < -0.4 is 11.1 Å². The van der Waals surface area contributed by atoms with Gasteiger partial charge in [-0.15, -0.1) is 0 Å². The van der Waals surface area contributed by atoms with E-state index in [1.165, 1.54) is 12.1 Å². The zero-order chi connectivity index (χ0) is 20.4. The van der Waals surface area contributed by atoms with Crippen LogP contribution in [0.2, 0.25) is 0 Å². The topological polar surface area (TPSA) is 154 Å². The van der Waals surface area contributed by atoms with Crippen LogP contribution >= 0.6 is 0 Å². The summed E-state index contributed by atoms with van der Waals surface area (Å²) < 4.78 is 1.78. The van der Waals surface area contributed by atoms with Crippen LogP contribution in [0.15, 0.2) is 36.4 Å². The highest BCUT2D eigenvalue weighted by Gasteiger charge is 2.17. The number of nitrogen functional groups attached to an aromatic ring is 1. The van der Waals surface area contributed by atoms with Crippen LogP contribution in [0.3, 0.4) is 0 Å². The summed E-state index contributed by atoms with van der Waals surface area (Å²) in [6.45, 7) is -0.0401. The minimum Gasteiger partial charge on any atom is -0.507 e. The fraction of sp³-hybridized carbons (Fsp3) is 0.158. The number of nitrogens with zero attached hydrogens (tertiary/aromatic N) is 2. The predicted molar refractivity (Wildman–Crippen MR) is 103 cm³/mol. The quantitative estimate of drug-likeness (QED) is 0.321. The first kappa shape index (κ1) is 18.9. The number of aryl methyl sites for hydroxylation is 1. The van der Waals surface area contributed by atoms with Gasteiger partial charge in [-0.25, -0.2) is 4.98 Å². The lowest BCUT2D eigenvalue weighted by atomic mass is 10.1. The minimum atomic E-state index is -1.02. The molecular weight excluding hydrogens is 362 g/mol. The van der Waals surface area contributed by atoms with Gasteiger partial charge in [0.05, 0.1) is 23.0 Å². The van der Waals surface area contributed by atoms with E-state index >= 15 is 0 Å². The highest BCUT2D eigenvalue weighted by molar-refractivity contribution is 6.01. The molecule has 9 heteroatoms. The van der Waals surface area contributed by atoms with E-state index in [2.05, 4.69) is 10.3 Å². The normalized spacial score (nSPS) is 10.8. The van der Waals surface area contributed by atoms with Gasteiger partial charge >= 0.3 is 5.97 Å². The zero-order valence-electron chi connectivity index (χ0n) is 15.1. The molecule has 0 spiro atoms. The van der Waals surface area contributed by atoms with E-state index in [0.29, 0.717) is 22.4 Å². The fourth-order valence-corrected chi connectivity index (χ4v) is 2.84. The van der Waals surface area contributed by atoms with E-state index in [9.17, 15) is 14.7 Å². The number of amidine groups is 1. The molecule has 0 unspecified atom stereocenters. The van der Waals surface area contributed by atoms with E-state index in [4.69, 9.17) is 16.2 Å². The minimum absolute atomic E-state index is 0.0227. The van der Waals surface area contributed by atoms with Crippen LogP contribution in [0, 0.1) is 5.41 Å². The van der Waals surface area contributed by atoms with Crippen molar-refractivity contribution in [2.24, 2.45) is 12.8 Å². The lowest BCUT2D eigenvalue weighted by Crippen LogP contribution is -2.26. The van der Waals surface area contributed by atoms with Crippen LogP contribution in [-0.2, 0) is 11.8 Å². The number of benzene rings is 2. The van der Waals surface area contributed by atoms with Crippen molar-refractivity contribution in [2.45, 2.75) is 6.42 Å². The van der Waals surface area contributed by atoms with Crippen molar-refractivity contribution in [2.75, 3.05) is 6.54 Å². The van der Waals surface area contributed by atoms with Crippen LogP contribution in [0.5, 0.6) is 5.75 Å². The lowest BCUT2D eigenvalue weighted by molar-refractivity contribution is -0.136. The fourth-order valence-electron chi connectivity index (χ4n) is 2.84. The average molecular weight is 381 g/mol. The number of imidazole rings is 1. The van der Waals surface area contributed by atoms with E-state index < -0.39 is 11.9 Å². The monoisotopic (exact) mass is 381 g/mol. The van der Waals surface area contributed by atoms with Gasteiger partial charge < -0.3 is 25.8 Å². The van der Waals surface area contributed by atoms with Gasteiger partial charge in [-0.05, 0) is 6.07 Å². The zero-order valence-corrected chi connectivity index (χ0v) is 15.1. The summed E-state index contributed by atoms with van der Waals surface area (Å²) in [7, 11) is 1.79. The Kier molecular flexibility index (Phi) is 4.99. The molecule has 0 aliphatic carbocycles. The molecule has 9 nitrogen and oxygen atoms in total. The molecule has 3 aromatic rings. The largest absolute Gasteiger partial charge is 0.507 e. The molecule has 3 rings (SSSR count). The second-order valence-corrected chi connectivity index (χ2v) is 6.24. The molecule has 0 radical (unpaired) electrons. The van der Waals surface area contributed by atoms with E-state index in [0.717, 1.165) is 5.56 Å². The number of carbonyl (C=O) groups is 2. The third-order valence-electron chi connectivity index (χ3n) is 4.32. The Morgan fingerprint density at radius 3 is 2.54 bits per heavy atom. The van der Waals surface area contributed by atoms with Crippen molar-refractivity contribution in [3.05, 3.63) is 47.5 Å². The molecule has 1 aromatic heterocycles. The maximum absolute atomic E-state index is 12.2. The predicted octanol–water partition coefficient (Wildman–Crippen LogP) is 1.43. The Bertz CT molecular complexity index is 1090. The lowest BCUT2D eigenvalue weighted by Gasteiger charge is -2.07. The number of aliphatic carboxylic acids is 1. The van der Waals surface area contributed by atoms with Crippen molar-refractivity contribution >= 4 is 28.7 Å². The highest BCUT2D eigenvalue weighted by Crippen LogP contribution is 2.29. The van der Waals surface area contributed by atoms with Gasteiger partial charge in [0, 0.05) is 30.8 Å². The van der Waals surface area contributed by atoms with Crippen molar-refractivity contribution in [3.63, 3.8) is 0 Å². The molecule has 1 heterocycles. The molecule has 0 fully saturated rings. The number of aromatic nitrogens is 2. The molecule has 0 aliphatic heterocycles. The summed E-state index contributed by atoms with van der Waals surface area (Å²) in [5.41, 5.74) is 8.02. The maximum Gasteiger partial charge on any atom is 0.305 e. The molecule has 0 bridgehead atoms. The number of amides is 1. The third-order valence-corrected chi connectivity index (χ3v) is 4.32. The average Bonchev–Trinajstić information content (AvgIpc) is 2.96. The summed E-state index contributed by atoms with van der Waals surface area (Å²) in [6.07, 6.45) is -0.210. The van der Waals surface area contributed by atoms with Crippen LogP contribution in [0.1, 0.15) is 22.3 Å². The van der Waals surface area contributed by atoms with Crippen LogP contribution in [0.4, 0.5) is 0 Å². The number of fused-ring (bicyclic) bond motifs is 1. The van der Waals surface area contributed by atoms with Crippen molar-refractivity contribution in [3.8, 4) is 17.1 Å². The molecule has 0 saturated heterocycles. The van der Waals surface area contributed by atoms with E-state index in [1.54, 1.807) is 35.9 Å². The third kappa shape index (κ3) is 3.63. The summed E-state index contributed by atoms with van der Waals surface area (Å²) >= 11 is 0. The molecular formula is C19H19N5O4. The number of carboxylic acid groups (broad SMARTS) is 1. The number of nitrogens with one attached hydrogen (secondary N) is 2. The number of carbonyl (C=O) groups excluding carboxylic acids is 1. The van der Waals surface area contributed by atoms with Crippen molar-refractivity contribution < 1.29 is 19.8 Å². The number of rotatable bonds is 6. The Hall–Kier alpha value is -3.88. The van der Waals surface area contributed by atoms with Gasteiger partial charge in [-0.3, -0.25) is 15.0 Å². The van der Waals surface area contributed by atoms with Crippen molar-refractivity contribution in [1.82, 2.24) is 14.9 Å². The SMILES string of the molecule is Cn1c(-c2ccc(C(=N)N)cc2)nc2cc(C(=O)NCCC(=O)O)c(O)cc21. The number of carboxylic acids is 1. The Labute approximate surface area is 159 Å². The highest BCUT2D eigenvalue weighted by atomic mass is 16.4. The Morgan fingerprint density at radius 1 is 1.25 bits per heavy atom. The molecule has 28 heavy (non-hydrogen) atoms. The molecule has 144 valence electrons. The summed E-state index contributed by atoms with van der Waals surface area (Å²) in [4.78, 5) is 27.3. The first-order valence-electron chi connectivity index (χ1n) is 8.42. The van der Waals surface area contributed by atoms with Gasteiger partial charge in [0.1, 0.15) is 17.4 Å². The number of phenols is 1. The van der Waals surface area contributed by atoms with Gasteiger partial charge in [0.15, 0.2) is 0 Å². The van der Waals surface area contributed by atoms with Crippen LogP contribution in [-0.4, -0.2) is 44.0 Å². The summed E-state index contributed by atoms with van der Waals surface area (Å²) in [5.74, 6) is -1.22. The molecule has 0 aliphatic rings. The van der Waals surface area contributed by atoms with Crippen LogP contribution in [0.25, 0.3) is 22.4 Å². The van der Waals surface area contributed by atoms with Gasteiger partial charge in [-0.1, -0.05) is 24.3 Å². The summed E-state index contributed by atoms with van der Waals surface area (Å²) in [6, 6.07) is 9.93. The van der Waals surface area contributed by atoms with E-state index in [-0.39, 0.29) is 30.1 Å². The molecule has 0 atom stereocenters. The first-order valence-corrected chi connectivity index (χ1v) is 8.42. The van der Waals surface area contributed by atoms with Gasteiger partial charge in [0.2, 0.25) is 0 Å². The standard InChI is InChI=1S/C19H19N5O4/c1-24-14-9-15(25)12(19(28)22-7-6-16(26)27)8-13(14)23-18(24)11-4-2-10(3-5-11)17(20)21/h2-5,8-9,25H,6-7H2,1H3,(H3,20,21)(H,22,28)(H,26,27). The number of phenolic OH excluding ortho intramolecular Hbond substituents is 1. The van der Waals surface area contributed by atoms with E-state index in [1.807, 2.05) is 0 Å². The molecule has 2 aromatic carbocycles. The maximum atomic E-state index is 12.2. The number of hydrogen-bond donors (Lipinski definition) is 5. The first-order chi connectivity index (χ1) is 13.3. The summed E-state index contributed by atoms with van der Waals surface area (Å²) in [5, 5.41) is 28.8. The number of hydrogen-bond acceptors (Lipinski definition) is 5. The van der Waals surface area contributed by atoms with Crippen molar-refractivity contribution in [1.29, 1.82) is 5.41 Å². The molecule has 6 N–H and O–H groups in total. The molecule has 1 amide bonds.